The van der Waals surface area contributed by atoms with E-state index in [1.807, 2.05) is 26.0 Å². The van der Waals surface area contributed by atoms with Gasteiger partial charge in [0.1, 0.15) is 0 Å². The number of benzene rings is 1. The first kappa shape index (κ1) is 11.0. The monoisotopic (exact) mass is 190 g/mol. The van der Waals surface area contributed by atoms with Gasteiger partial charge in [-0.2, -0.15) is 0 Å². The third-order valence-corrected chi connectivity index (χ3v) is 2.41. The van der Waals surface area contributed by atoms with E-state index in [9.17, 15) is 4.79 Å². The van der Waals surface area contributed by atoms with Gasteiger partial charge in [0, 0.05) is 12.0 Å². The summed E-state index contributed by atoms with van der Waals surface area (Å²) in [6.07, 6.45) is 0.584. The minimum absolute atomic E-state index is 0.232. The zero-order chi connectivity index (χ0) is 10.7. The van der Waals surface area contributed by atoms with Crippen LogP contribution in [0, 0.1) is 6.92 Å². The Hall–Kier alpha value is -1.11. The van der Waals surface area contributed by atoms with Gasteiger partial charge in [-0.1, -0.05) is 32.4 Å². The summed E-state index contributed by atoms with van der Waals surface area (Å²) in [6, 6.07) is 6.14. The van der Waals surface area contributed by atoms with Gasteiger partial charge in [-0.05, 0) is 30.5 Å². The van der Waals surface area contributed by atoms with Crippen LogP contribution in [0.4, 0.5) is 0 Å². The summed E-state index contributed by atoms with van der Waals surface area (Å²) in [5.74, 6) is 0.717. The molecule has 0 saturated carbocycles. The van der Waals surface area contributed by atoms with Gasteiger partial charge in [0.25, 0.3) is 0 Å². The van der Waals surface area contributed by atoms with Crippen molar-refractivity contribution in [3.8, 4) is 0 Å². The van der Waals surface area contributed by atoms with Gasteiger partial charge in [-0.3, -0.25) is 4.79 Å². The Balaban J connectivity index is 3.13. The number of hydrogen-bond acceptors (Lipinski definition) is 1. The molecule has 0 aliphatic carbocycles. The molecule has 0 unspecified atom stereocenters. The van der Waals surface area contributed by atoms with E-state index in [0.29, 0.717) is 12.3 Å². The fraction of sp³-hybridized carbons (Fsp3) is 0.462. The second-order valence-electron chi connectivity index (χ2n) is 4.06. The van der Waals surface area contributed by atoms with Gasteiger partial charge in [-0.25, -0.2) is 0 Å². The normalized spacial score (nSPS) is 10.6. The van der Waals surface area contributed by atoms with Crippen LogP contribution in [0.15, 0.2) is 18.2 Å². The average Bonchev–Trinajstić information content (AvgIpc) is 2.15. The van der Waals surface area contributed by atoms with E-state index < -0.39 is 0 Å². The SMILES string of the molecule is CCC(=O)c1cc(C)cc(C(C)C)c1. The highest BCUT2D eigenvalue weighted by atomic mass is 16.1. The number of ketones is 1. The first-order chi connectivity index (χ1) is 6.54. The molecule has 1 aromatic carbocycles. The van der Waals surface area contributed by atoms with Gasteiger partial charge >= 0.3 is 0 Å². The Morgan fingerprint density at radius 2 is 1.93 bits per heavy atom. The lowest BCUT2D eigenvalue weighted by atomic mass is 9.96. The molecular formula is C13H18O. The summed E-state index contributed by atoms with van der Waals surface area (Å²) < 4.78 is 0. The van der Waals surface area contributed by atoms with Crippen molar-refractivity contribution in [3.05, 3.63) is 34.9 Å². The minimum atomic E-state index is 0.232. The summed E-state index contributed by atoms with van der Waals surface area (Å²) in [6.45, 7) is 8.24. The predicted molar refractivity (Wildman–Crippen MR) is 59.9 cm³/mol. The standard InChI is InChI=1S/C13H18O/c1-5-13(14)12-7-10(4)6-11(8-12)9(2)3/h6-9H,5H2,1-4H3. The molecule has 14 heavy (non-hydrogen) atoms. The predicted octanol–water partition coefficient (Wildman–Crippen LogP) is 3.71. The fourth-order valence-electron chi connectivity index (χ4n) is 1.51. The molecule has 0 amide bonds. The van der Waals surface area contributed by atoms with Gasteiger partial charge < -0.3 is 0 Å². The van der Waals surface area contributed by atoms with Crippen molar-refractivity contribution in [1.29, 1.82) is 0 Å². The highest BCUT2D eigenvalue weighted by Gasteiger charge is 2.07. The maximum atomic E-state index is 11.5. The maximum absolute atomic E-state index is 11.5. The van der Waals surface area contributed by atoms with Crippen LogP contribution in [0.1, 0.15) is 54.6 Å². The first-order valence-corrected chi connectivity index (χ1v) is 5.19. The molecule has 0 fully saturated rings. The molecule has 0 atom stereocenters. The Morgan fingerprint density at radius 3 is 2.43 bits per heavy atom. The molecule has 0 N–H and O–H groups in total. The van der Waals surface area contributed by atoms with E-state index in [1.54, 1.807) is 0 Å². The number of hydrogen-bond donors (Lipinski definition) is 0. The van der Waals surface area contributed by atoms with Crippen molar-refractivity contribution < 1.29 is 4.79 Å². The Bertz CT molecular complexity index is 337. The second-order valence-corrected chi connectivity index (χ2v) is 4.06. The van der Waals surface area contributed by atoms with Crippen LogP contribution in [0.25, 0.3) is 0 Å². The van der Waals surface area contributed by atoms with E-state index in [-0.39, 0.29) is 5.78 Å². The average molecular weight is 190 g/mol. The van der Waals surface area contributed by atoms with Crippen LogP contribution in [0.5, 0.6) is 0 Å². The van der Waals surface area contributed by atoms with E-state index in [0.717, 1.165) is 5.56 Å². The van der Waals surface area contributed by atoms with Gasteiger partial charge in [0.15, 0.2) is 5.78 Å². The zero-order valence-electron chi connectivity index (χ0n) is 9.42. The number of carbonyl (C=O) groups is 1. The summed E-state index contributed by atoms with van der Waals surface area (Å²) in [5, 5.41) is 0. The molecule has 1 rings (SSSR count). The highest BCUT2D eigenvalue weighted by Crippen LogP contribution is 2.19. The van der Waals surface area contributed by atoms with Crippen LogP contribution >= 0.6 is 0 Å². The number of rotatable bonds is 3. The Kier molecular flexibility index (Phi) is 3.45. The van der Waals surface area contributed by atoms with Crippen molar-refractivity contribution in [1.82, 2.24) is 0 Å². The van der Waals surface area contributed by atoms with Crippen molar-refractivity contribution in [3.63, 3.8) is 0 Å². The molecule has 0 aliphatic heterocycles. The molecule has 1 heteroatoms. The molecular weight excluding hydrogens is 172 g/mol. The molecule has 0 aromatic heterocycles. The Labute approximate surface area is 86.1 Å². The largest absolute Gasteiger partial charge is 0.294 e. The van der Waals surface area contributed by atoms with Crippen LogP contribution in [-0.4, -0.2) is 5.78 Å². The molecule has 0 radical (unpaired) electrons. The molecule has 1 nitrogen and oxygen atoms in total. The lowest BCUT2D eigenvalue weighted by Gasteiger charge is -2.09. The van der Waals surface area contributed by atoms with Crippen molar-refractivity contribution in [2.75, 3.05) is 0 Å². The summed E-state index contributed by atoms with van der Waals surface area (Å²) in [5.41, 5.74) is 3.28. The summed E-state index contributed by atoms with van der Waals surface area (Å²) in [7, 11) is 0. The van der Waals surface area contributed by atoms with Gasteiger partial charge in [0.2, 0.25) is 0 Å². The minimum Gasteiger partial charge on any atom is -0.294 e. The lowest BCUT2D eigenvalue weighted by Crippen LogP contribution is -1.99. The first-order valence-electron chi connectivity index (χ1n) is 5.19. The number of aryl methyl sites for hydroxylation is 1. The van der Waals surface area contributed by atoms with E-state index >= 15 is 0 Å². The van der Waals surface area contributed by atoms with Gasteiger partial charge in [0.05, 0.1) is 0 Å². The van der Waals surface area contributed by atoms with E-state index in [2.05, 4.69) is 19.9 Å². The molecule has 1 aromatic rings. The number of Topliss-reactive ketones (excluding diaryl/α,β-unsaturated/α-hetero) is 1. The smallest absolute Gasteiger partial charge is 0.162 e. The third-order valence-electron chi connectivity index (χ3n) is 2.41. The quantitative estimate of drug-likeness (QED) is 0.664. The molecule has 0 saturated heterocycles. The maximum Gasteiger partial charge on any atom is 0.162 e. The topological polar surface area (TPSA) is 17.1 Å². The Morgan fingerprint density at radius 1 is 1.29 bits per heavy atom. The molecule has 0 bridgehead atoms. The molecule has 0 aliphatic rings. The molecule has 76 valence electrons. The third kappa shape index (κ3) is 2.44. The second kappa shape index (κ2) is 4.41. The highest BCUT2D eigenvalue weighted by molar-refractivity contribution is 5.96. The number of carbonyl (C=O) groups excluding carboxylic acids is 1. The summed E-state index contributed by atoms with van der Waals surface area (Å²) in [4.78, 5) is 11.5. The van der Waals surface area contributed by atoms with Gasteiger partial charge in [-0.15, -0.1) is 0 Å². The van der Waals surface area contributed by atoms with Crippen molar-refractivity contribution in [2.45, 2.75) is 40.0 Å². The van der Waals surface area contributed by atoms with Crippen LogP contribution in [0.2, 0.25) is 0 Å². The van der Waals surface area contributed by atoms with Crippen LogP contribution in [-0.2, 0) is 0 Å². The van der Waals surface area contributed by atoms with Crippen LogP contribution < -0.4 is 0 Å². The summed E-state index contributed by atoms with van der Waals surface area (Å²) >= 11 is 0. The van der Waals surface area contributed by atoms with Crippen molar-refractivity contribution in [2.24, 2.45) is 0 Å². The van der Waals surface area contributed by atoms with E-state index in [1.165, 1.54) is 11.1 Å². The fourth-order valence-corrected chi connectivity index (χ4v) is 1.51. The molecule has 0 spiro atoms. The lowest BCUT2D eigenvalue weighted by molar-refractivity contribution is 0.0988. The van der Waals surface area contributed by atoms with E-state index in [4.69, 9.17) is 0 Å². The molecule has 0 heterocycles. The van der Waals surface area contributed by atoms with Crippen molar-refractivity contribution >= 4 is 5.78 Å². The van der Waals surface area contributed by atoms with Crippen LogP contribution in [0.3, 0.4) is 0 Å². The zero-order valence-corrected chi connectivity index (χ0v) is 9.42.